The highest BCUT2D eigenvalue weighted by Crippen LogP contribution is 2.23. The number of piperazine rings is 1. The summed E-state index contributed by atoms with van der Waals surface area (Å²) in [6.45, 7) is 2.10. The summed E-state index contributed by atoms with van der Waals surface area (Å²) in [5.41, 5.74) is 9.48. The highest BCUT2D eigenvalue weighted by molar-refractivity contribution is 5.99. The average molecular weight is 1240 g/mol. The van der Waals surface area contributed by atoms with Crippen molar-refractivity contribution in [3.8, 4) is 11.5 Å². The van der Waals surface area contributed by atoms with Crippen molar-refractivity contribution in [3.63, 3.8) is 0 Å². The highest BCUT2D eigenvalue weighted by atomic mass is 16.4. The highest BCUT2D eigenvalue weighted by Gasteiger charge is 2.40. The molecular weight excluding hydrogens is 1160 g/mol. The standard InChI is InChI=1S/C63H78N12O15/c1-35(67-56(82)44(64)29-38-17-21-41(77)22-18-38)54(80)72-48(30-37-11-4-3-5-12-37)60(86)68-36(2)55(81)73-49(31-39-19-23-42(78)24-20-39)62(88)75-28-10-16-52(75)61(87)74-51(34-76)57(83)65-27-9-8-15-46-58(84)71-47(59(85)70-46)25-26-53(79)69-50(63(89)90)32-40-33-66-45-14-7-6-13-43(40)45/h3-7,11-14,17-24,33,35-36,44,46-52,66,76-78H,8-10,15-16,25-32,34,64H2,1-2H3,(H,65,83)(H,67,82)(H,68,86)(H,69,79)(H,70,85)(H,71,84)(H,72,80)(H,73,81)(H,74,87)(H,89,90)/t35-,36-,44+,46-,47-,48+,49+,50-,51+,52+/m1/s1. The number of nitrogens with zero attached hydrogens (tertiary/aromatic N) is 1. The van der Waals surface area contributed by atoms with Gasteiger partial charge in [0.05, 0.1) is 12.6 Å². The zero-order valence-corrected chi connectivity index (χ0v) is 49.9. The fourth-order valence-corrected chi connectivity index (χ4v) is 10.6. The van der Waals surface area contributed by atoms with Crippen LogP contribution in [0, 0.1) is 0 Å². The molecule has 0 bridgehead atoms. The predicted molar refractivity (Wildman–Crippen MR) is 326 cm³/mol. The Morgan fingerprint density at radius 1 is 0.600 bits per heavy atom. The summed E-state index contributed by atoms with van der Waals surface area (Å²) >= 11 is 0. The molecule has 2 aliphatic rings. The molecule has 2 aliphatic heterocycles. The molecule has 0 spiro atoms. The number of aromatic hydroxyl groups is 2. The number of unbranched alkanes of at least 4 members (excludes halogenated alkanes) is 1. The van der Waals surface area contributed by atoms with Crippen LogP contribution in [0.25, 0.3) is 10.9 Å². The number of carbonyl (C=O) groups is 11. The molecule has 0 radical (unpaired) electrons. The van der Waals surface area contributed by atoms with E-state index in [0.717, 1.165) is 10.9 Å². The van der Waals surface area contributed by atoms with Gasteiger partial charge in [0.15, 0.2) is 0 Å². The normalized spacial score (nSPS) is 17.8. The number of phenols is 2. The first-order valence-electron chi connectivity index (χ1n) is 29.8. The summed E-state index contributed by atoms with van der Waals surface area (Å²) in [6.07, 6.45) is 2.70. The van der Waals surface area contributed by atoms with Gasteiger partial charge in [0.1, 0.15) is 65.9 Å². The van der Waals surface area contributed by atoms with E-state index in [0.29, 0.717) is 41.5 Å². The zero-order chi connectivity index (χ0) is 65.0. The van der Waals surface area contributed by atoms with Gasteiger partial charge in [0, 0.05) is 55.9 Å². The number of nitrogens with one attached hydrogen (secondary N) is 10. The van der Waals surface area contributed by atoms with Crippen LogP contribution < -0.4 is 53.6 Å². The Balaban J connectivity index is 0.874. The third-order valence-corrected chi connectivity index (χ3v) is 15.7. The van der Waals surface area contributed by atoms with E-state index in [1.807, 2.05) is 24.3 Å². The van der Waals surface area contributed by atoms with Gasteiger partial charge < -0.3 is 83.9 Å². The lowest BCUT2D eigenvalue weighted by Gasteiger charge is -2.30. The summed E-state index contributed by atoms with van der Waals surface area (Å²) < 4.78 is 0. The lowest BCUT2D eigenvalue weighted by Crippen LogP contribution is -2.61. The van der Waals surface area contributed by atoms with Crippen LogP contribution in [0.3, 0.4) is 0 Å². The van der Waals surface area contributed by atoms with Crippen molar-refractivity contribution in [1.82, 2.24) is 57.7 Å². The monoisotopic (exact) mass is 1240 g/mol. The first-order valence-corrected chi connectivity index (χ1v) is 29.8. The van der Waals surface area contributed by atoms with Gasteiger partial charge in [-0.1, -0.05) is 72.8 Å². The number of carbonyl (C=O) groups excluding carboxylic acids is 10. The van der Waals surface area contributed by atoms with Crippen LogP contribution >= 0.6 is 0 Å². The molecule has 0 aliphatic carbocycles. The maximum absolute atomic E-state index is 14.6. The second-order valence-corrected chi connectivity index (χ2v) is 22.5. The van der Waals surface area contributed by atoms with E-state index in [-0.39, 0.29) is 76.0 Å². The fraction of sp³-hybridized carbons (Fsp3) is 0.413. The maximum atomic E-state index is 14.6. The van der Waals surface area contributed by atoms with E-state index in [4.69, 9.17) is 5.73 Å². The predicted octanol–water partition coefficient (Wildman–Crippen LogP) is -0.757. The number of likely N-dealkylation sites (tertiary alicyclic amines) is 1. The summed E-state index contributed by atoms with van der Waals surface area (Å²) in [5.74, 6) is -8.02. The molecule has 90 heavy (non-hydrogen) atoms. The first-order chi connectivity index (χ1) is 43.1. The zero-order valence-electron chi connectivity index (χ0n) is 49.9. The van der Waals surface area contributed by atoms with E-state index < -0.39 is 132 Å². The Morgan fingerprint density at radius 2 is 1.17 bits per heavy atom. The number of benzene rings is 4. The summed E-state index contributed by atoms with van der Waals surface area (Å²) in [4.78, 5) is 152. The van der Waals surface area contributed by atoms with Crippen molar-refractivity contribution < 1.29 is 73.2 Å². The molecular formula is C63H78N12O15. The largest absolute Gasteiger partial charge is 0.508 e. The smallest absolute Gasteiger partial charge is 0.326 e. The van der Waals surface area contributed by atoms with Gasteiger partial charge in [-0.2, -0.15) is 0 Å². The molecule has 0 unspecified atom stereocenters. The van der Waals surface area contributed by atoms with Crippen LogP contribution in [-0.4, -0.2) is 175 Å². The van der Waals surface area contributed by atoms with Crippen LogP contribution in [0.4, 0.5) is 0 Å². The number of para-hydroxylation sites is 1. The molecule has 5 aromatic rings. The number of aliphatic carboxylic acids is 1. The van der Waals surface area contributed by atoms with Crippen LogP contribution in [0.2, 0.25) is 0 Å². The number of hydrogen-bond acceptors (Lipinski definition) is 15. The average Bonchev–Trinajstić information content (AvgIpc) is 1.94. The van der Waals surface area contributed by atoms with E-state index in [2.05, 4.69) is 52.8 Å². The number of aromatic amines is 1. The minimum atomic E-state index is -1.44. The molecule has 10 amide bonds. The van der Waals surface area contributed by atoms with Gasteiger partial charge in [-0.05, 0) is 111 Å². The SMILES string of the molecule is C[C@@H](NC(=O)[C@H](Cc1ccccc1)NC(=O)[C@@H](C)NC(=O)[C@@H](N)Cc1ccc(O)cc1)C(=O)N[C@@H](Cc1ccc(O)cc1)C(=O)N1CCC[C@H]1C(=O)N[C@@H](CO)C(=O)NCCCC[C@H]1NC(=O)[C@@H](CCC(=O)N[C@H](Cc2c[nH]c3ccccc23)C(=O)O)NC1=O. The number of aromatic nitrogens is 1. The lowest BCUT2D eigenvalue weighted by atomic mass is 10.0. The van der Waals surface area contributed by atoms with Crippen molar-refractivity contribution in [3.05, 3.63) is 132 Å². The van der Waals surface area contributed by atoms with Gasteiger partial charge >= 0.3 is 5.97 Å². The van der Waals surface area contributed by atoms with E-state index >= 15 is 0 Å². The number of aliphatic hydroxyl groups excluding tert-OH is 1. The van der Waals surface area contributed by atoms with Crippen LogP contribution in [0.1, 0.15) is 81.0 Å². The van der Waals surface area contributed by atoms with Crippen LogP contribution in [-0.2, 0) is 78.4 Å². The molecule has 480 valence electrons. The topological polar surface area (TPSA) is 422 Å². The number of aliphatic hydroxyl groups is 1. The number of amides is 10. The number of carboxylic acid groups (broad SMARTS) is 1. The van der Waals surface area contributed by atoms with Crippen LogP contribution in [0.5, 0.6) is 11.5 Å². The Labute approximate surface area is 518 Å². The minimum Gasteiger partial charge on any atom is -0.508 e. The molecule has 27 heteroatoms. The molecule has 27 nitrogen and oxygen atoms in total. The molecule has 16 N–H and O–H groups in total. The van der Waals surface area contributed by atoms with Crippen molar-refractivity contribution in [2.75, 3.05) is 19.7 Å². The van der Waals surface area contributed by atoms with E-state index in [1.54, 1.807) is 48.7 Å². The van der Waals surface area contributed by atoms with E-state index in [9.17, 15) is 73.2 Å². The molecule has 2 fully saturated rings. The summed E-state index contributed by atoms with van der Waals surface area (Å²) in [6, 6.07) is 16.1. The van der Waals surface area contributed by atoms with Gasteiger partial charge in [-0.15, -0.1) is 0 Å². The summed E-state index contributed by atoms with van der Waals surface area (Å²) in [7, 11) is 0. The molecule has 2 saturated heterocycles. The minimum absolute atomic E-state index is 0.0197. The molecule has 4 aromatic carbocycles. The Morgan fingerprint density at radius 3 is 1.80 bits per heavy atom. The molecule has 3 heterocycles. The number of phenolic OH excluding ortho intramolecular Hbond substituents is 2. The Hall–Kier alpha value is -9.89. The molecule has 10 atom stereocenters. The fourth-order valence-electron chi connectivity index (χ4n) is 10.6. The first kappa shape index (κ1) is 67.6. The third-order valence-electron chi connectivity index (χ3n) is 15.7. The van der Waals surface area contributed by atoms with Crippen molar-refractivity contribution in [2.24, 2.45) is 5.73 Å². The molecule has 1 aromatic heterocycles. The number of carboxylic acids is 1. The number of fused-ring (bicyclic) bond motifs is 1. The Kier molecular flexibility index (Phi) is 24.3. The lowest BCUT2D eigenvalue weighted by molar-refractivity contribution is -0.142. The number of nitrogens with two attached hydrogens (primary N) is 1. The third kappa shape index (κ3) is 19.3. The number of hydrogen-bond donors (Lipinski definition) is 15. The van der Waals surface area contributed by atoms with E-state index in [1.165, 1.54) is 55.1 Å². The second kappa shape index (κ2) is 32.4. The van der Waals surface area contributed by atoms with Crippen molar-refractivity contribution in [1.29, 1.82) is 0 Å². The van der Waals surface area contributed by atoms with Gasteiger partial charge in [0.2, 0.25) is 59.1 Å². The Bertz CT molecular complexity index is 3360. The van der Waals surface area contributed by atoms with Crippen LogP contribution in [0.15, 0.2) is 109 Å². The number of rotatable bonds is 31. The second-order valence-electron chi connectivity index (χ2n) is 22.5. The quantitative estimate of drug-likeness (QED) is 0.0243. The molecule has 0 saturated carbocycles. The van der Waals surface area contributed by atoms with Gasteiger partial charge in [-0.25, -0.2) is 4.79 Å². The maximum Gasteiger partial charge on any atom is 0.326 e. The van der Waals surface area contributed by atoms with Crippen molar-refractivity contribution >= 4 is 75.9 Å². The van der Waals surface area contributed by atoms with Gasteiger partial charge in [0.25, 0.3) is 0 Å². The summed E-state index contributed by atoms with van der Waals surface area (Å²) in [5, 5.41) is 64.0. The number of H-pyrrole nitrogens is 1. The van der Waals surface area contributed by atoms with Gasteiger partial charge in [-0.3, -0.25) is 47.9 Å². The van der Waals surface area contributed by atoms with Crippen molar-refractivity contribution in [2.45, 2.75) is 145 Å². The molecule has 7 rings (SSSR count).